The molecular formula is C16H14Cl2FN. The summed E-state index contributed by atoms with van der Waals surface area (Å²) in [5.41, 5.74) is 1.69. The number of benzene rings is 2. The topological polar surface area (TPSA) is 12.0 Å². The van der Waals surface area contributed by atoms with E-state index >= 15 is 0 Å². The summed E-state index contributed by atoms with van der Waals surface area (Å²) in [6.45, 7) is 1.64. The first-order valence-corrected chi connectivity index (χ1v) is 7.25. The minimum atomic E-state index is -0.206. The summed E-state index contributed by atoms with van der Waals surface area (Å²) in [7, 11) is 0. The highest BCUT2D eigenvalue weighted by molar-refractivity contribution is 6.30. The molecule has 1 aliphatic rings. The van der Waals surface area contributed by atoms with Gasteiger partial charge in [0.1, 0.15) is 5.82 Å². The first-order valence-electron chi connectivity index (χ1n) is 6.50. The Bertz CT molecular complexity index is 638. The van der Waals surface area contributed by atoms with E-state index in [2.05, 4.69) is 11.4 Å². The van der Waals surface area contributed by atoms with Crippen LogP contribution in [0.3, 0.4) is 0 Å². The highest BCUT2D eigenvalue weighted by atomic mass is 35.5. The zero-order valence-electron chi connectivity index (χ0n) is 10.8. The van der Waals surface area contributed by atoms with Crippen LogP contribution in [0.4, 0.5) is 4.39 Å². The third-order valence-corrected chi connectivity index (χ3v) is 4.37. The molecule has 0 unspecified atom stereocenters. The molecule has 2 aromatic rings. The summed E-state index contributed by atoms with van der Waals surface area (Å²) in [6, 6.07) is 12.5. The molecule has 104 valence electrons. The van der Waals surface area contributed by atoms with Crippen LogP contribution in [0.15, 0.2) is 42.5 Å². The Labute approximate surface area is 127 Å². The van der Waals surface area contributed by atoms with Gasteiger partial charge < -0.3 is 5.32 Å². The maximum absolute atomic E-state index is 14.0. The maximum atomic E-state index is 14.0. The quantitative estimate of drug-likeness (QED) is 0.895. The van der Waals surface area contributed by atoms with Crippen LogP contribution in [0.5, 0.6) is 0 Å². The van der Waals surface area contributed by atoms with E-state index in [-0.39, 0.29) is 11.2 Å². The number of hydrogen-bond donors (Lipinski definition) is 1. The van der Waals surface area contributed by atoms with E-state index in [1.54, 1.807) is 12.1 Å². The van der Waals surface area contributed by atoms with Gasteiger partial charge in [0, 0.05) is 28.5 Å². The lowest BCUT2D eigenvalue weighted by atomic mass is 9.71. The summed E-state index contributed by atoms with van der Waals surface area (Å²) in [5.74, 6) is -0.206. The summed E-state index contributed by atoms with van der Waals surface area (Å²) >= 11 is 12.1. The van der Waals surface area contributed by atoms with Crippen LogP contribution in [-0.4, -0.2) is 13.1 Å². The van der Waals surface area contributed by atoms with Crippen molar-refractivity contribution < 1.29 is 4.39 Å². The van der Waals surface area contributed by atoms with Crippen molar-refractivity contribution in [2.75, 3.05) is 13.1 Å². The highest BCUT2D eigenvalue weighted by Gasteiger charge is 2.39. The number of halogens is 3. The third-order valence-electron chi connectivity index (χ3n) is 3.90. The zero-order chi connectivity index (χ0) is 14.2. The van der Waals surface area contributed by atoms with Gasteiger partial charge in [-0.05, 0) is 47.9 Å². The van der Waals surface area contributed by atoms with Crippen molar-refractivity contribution in [2.24, 2.45) is 0 Å². The molecule has 2 aromatic carbocycles. The van der Waals surface area contributed by atoms with Crippen molar-refractivity contribution in [3.8, 4) is 0 Å². The summed E-state index contributed by atoms with van der Waals surface area (Å²) in [4.78, 5) is 0. The lowest BCUT2D eigenvalue weighted by Crippen LogP contribution is -2.58. The normalized spacial score (nSPS) is 16.8. The van der Waals surface area contributed by atoms with Gasteiger partial charge >= 0.3 is 0 Å². The Morgan fingerprint density at radius 1 is 1.05 bits per heavy atom. The second kappa shape index (κ2) is 5.36. The monoisotopic (exact) mass is 309 g/mol. The molecule has 0 bridgehead atoms. The SMILES string of the molecule is Fc1ccc(Cl)cc1CC1(c2cccc(Cl)c2)CNC1. The van der Waals surface area contributed by atoms with Crippen LogP contribution in [-0.2, 0) is 11.8 Å². The molecule has 0 radical (unpaired) electrons. The van der Waals surface area contributed by atoms with Crippen molar-refractivity contribution in [3.05, 3.63) is 69.5 Å². The van der Waals surface area contributed by atoms with Crippen molar-refractivity contribution in [1.82, 2.24) is 5.32 Å². The van der Waals surface area contributed by atoms with Crippen LogP contribution >= 0.6 is 23.2 Å². The van der Waals surface area contributed by atoms with Gasteiger partial charge in [-0.2, -0.15) is 0 Å². The molecule has 4 heteroatoms. The molecule has 1 fully saturated rings. The second-order valence-electron chi connectivity index (χ2n) is 5.31. The molecule has 1 aliphatic heterocycles. The highest BCUT2D eigenvalue weighted by Crippen LogP contribution is 2.35. The molecule has 0 spiro atoms. The molecule has 0 aliphatic carbocycles. The van der Waals surface area contributed by atoms with Crippen molar-refractivity contribution in [1.29, 1.82) is 0 Å². The molecule has 0 atom stereocenters. The Kier molecular flexibility index (Phi) is 3.72. The summed E-state index contributed by atoms with van der Waals surface area (Å²) in [6.07, 6.45) is 0.618. The van der Waals surface area contributed by atoms with Crippen molar-refractivity contribution in [3.63, 3.8) is 0 Å². The Hall–Kier alpha value is -1.09. The molecule has 1 heterocycles. The molecule has 0 aromatic heterocycles. The van der Waals surface area contributed by atoms with E-state index in [4.69, 9.17) is 23.2 Å². The molecule has 1 nitrogen and oxygen atoms in total. The lowest BCUT2D eigenvalue weighted by Gasteiger charge is -2.43. The first kappa shape index (κ1) is 13.9. The van der Waals surface area contributed by atoms with Gasteiger partial charge in [0.05, 0.1) is 0 Å². The first-order chi connectivity index (χ1) is 9.59. The van der Waals surface area contributed by atoms with Crippen LogP contribution in [0, 0.1) is 5.82 Å². The van der Waals surface area contributed by atoms with Gasteiger partial charge in [-0.1, -0.05) is 35.3 Å². The van der Waals surface area contributed by atoms with Gasteiger partial charge in [-0.15, -0.1) is 0 Å². The predicted molar refractivity (Wildman–Crippen MR) is 81.1 cm³/mol. The van der Waals surface area contributed by atoms with Crippen LogP contribution < -0.4 is 5.32 Å². The zero-order valence-corrected chi connectivity index (χ0v) is 12.3. The van der Waals surface area contributed by atoms with E-state index in [0.29, 0.717) is 22.0 Å². The second-order valence-corrected chi connectivity index (χ2v) is 6.18. The van der Waals surface area contributed by atoms with E-state index in [1.807, 2.05) is 18.2 Å². The fourth-order valence-electron chi connectivity index (χ4n) is 2.72. The molecule has 1 saturated heterocycles. The standard InChI is InChI=1S/C16H14Cl2FN/c17-13-3-1-2-12(7-13)16(9-20-10-16)8-11-6-14(18)4-5-15(11)19/h1-7,20H,8-10H2. The average molecular weight is 310 g/mol. The molecule has 20 heavy (non-hydrogen) atoms. The molecule has 0 saturated carbocycles. The largest absolute Gasteiger partial charge is 0.315 e. The summed E-state index contributed by atoms with van der Waals surface area (Å²) in [5, 5.41) is 4.55. The third kappa shape index (κ3) is 2.56. The van der Waals surface area contributed by atoms with E-state index in [1.165, 1.54) is 6.07 Å². The number of hydrogen-bond acceptors (Lipinski definition) is 1. The number of nitrogens with one attached hydrogen (secondary N) is 1. The smallest absolute Gasteiger partial charge is 0.126 e. The molecule has 1 N–H and O–H groups in total. The van der Waals surface area contributed by atoms with Gasteiger partial charge in [0.15, 0.2) is 0 Å². The minimum absolute atomic E-state index is 0.101. The van der Waals surface area contributed by atoms with Gasteiger partial charge in [0.2, 0.25) is 0 Å². The molecular weight excluding hydrogens is 296 g/mol. The lowest BCUT2D eigenvalue weighted by molar-refractivity contribution is 0.272. The van der Waals surface area contributed by atoms with Gasteiger partial charge in [-0.3, -0.25) is 0 Å². The summed E-state index contributed by atoms with van der Waals surface area (Å²) < 4.78 is 14.0. The Balaban J connectivity index is 1.96. The van der Waals surface area contributed by atoms with E-state index < -0.39 is 0 Å². The number of rotatable bonds is 3. The van der Waals surface area contributed by atoms with Crippen molar-refractivity contribution in [2.45, 2.75) is 11.8 Å². The van der Waals surface area contributed by atoms with Crippen molar-refractivity contribution >= 4 is 23.2 Å². The predicted octanol–water partition coefficient (Wildman–Crippen LogP) is 4.22. The molecule has 3 rings (SSSR count). The maximum Gasteiger partial charge on any atom is 0.126 e. The van der Waals surface area contributed by atoms with Gasteiger partial charge in [-0.25, -0.2) is 4.39 Å². The fraction of sp³-hybridized carbons (Fsp3) is 0.250. The Morgan fingerprint density at radius 2 is 1.80 bits per heavy atom. The molecule has 0 amide bonds. The average Bonchev–Trinajstić information content (AvgIpc) is 2.38. The van der Waals surface area contributed by atoms with Crippen LogP contribution in [0.25, 0.3) is 0 Å². The Morgan fingerprint density at radius 3 is 2.45 bits per heavy atom. The van der Waals surface area contributed by atoms with Crippen LogP contribution in [0.2, 0.25) is 10.0 Å². The fourth-order valence-corrected chi connectivity index (χ4v) is 3.10. The van der Waals surface area contributed by atoms with Gasteiger partial charge in [0.25, 0.3) is 0 Å². The van der Waals surface area contributed by atoms with E-state index in [0.717, 1.165) is 18.7 Å². The van der Waals surface area contributed by atoms with Crippen LogP contribution in [0.1, 0.15) is 11.1 Å². The minimum Gasteiger partial charge on any atom is -0.315 e. The van der Waals surface area contributed by atoms with E-state index in [9.17, 15) is 4.39 Å².